The van der Waals surface area contributed by atoms with E-state index >= 15 is 0 Å². The highest BCUT2D eigenvalue weighted by molar-refractivity contribution is 7.80. The molecule has 0 spiro atoms. The number of hydrogen-bond acceptors (Lipinski definition) is 3. The fraction of sp³-hybridized carbons (Fsp3) is 0.909. The summed E-state index contributed by atoms with van der Waals surface area (Å²) in [5, 5.41) is 0. The molecule has 0 aromatic rings. The van der Waals surface area contributed by atoms with Gasteiger partial charge >= 0.3 is 0 Å². The van der Waals surface area contributed by atoms with Crippen molar-refractivity contribution in [3.05, 3.63) is 0 Å². The van der Waals surface area contributed by atoms with Gasteiger partial charge in [-0.2, -0.15) is 12.6 Å². The van der Waals surface area contributed by atoms with E-state index in [-0.39, 0.29) is 0 Å². The van der Waals surface area contributed by atoms with Crippen LogP contribution in [0.4, 0.5) is 0 Å². The molecule has 14 heavy (non-hydrogen) atoms. The van der Waals surface area contributed by atoms with E-state index in [1.807, 2.05) is 0 Å². The number of ether oxygens (including phenoxy) is 1. The first kappa shape index (κ1) is 13.8. The Hall–Kier alpha value is -0.180. The molecule has 0 saturated carbocycles. The van der Waals surface area contributed by atoms with Gasteiger partial charge in [0.05, 0.1) is 6.61 Å². The molecule has 0 aliphatic rings. The maximum atomic E-state index is 9.81. The third kappa shape index (κ3) is 11.8. The molecule has 0 amide bonds. The van der Waals surface area contributed by atoms with Gasteiger partial charge in [-0.3, -0.25) is 4.79 Å². The van der Waals surface area contributed by atoms with E-state index in [2.05, 4.69) is 17.4 Å². The van der Waals surface area contributed by atoms with Gasteiger partial charge in [0.25, 0.3) is 6.47 Å². The van der Waals surface area contributed by atoms with Crippen molar-refractivity contribution >= 4 is 19.1 Å². The first-order valence-corrected chi connectivity index (χ1v) is 6.21. The van der Waals surface area contributed by atoms with Gasteiger partial charge in [-0.05, 0) is 18.6 Å². The Morgan fingerprint density at radius 1 is 0.857 bits per heavy atom. The van der Waals surface area contributed by atoms with Crippen molar-refractivity contribution in [3.63, 3.8) is 0 Å². The van der Waals surface area contributed by atoms with Crippen LogP contribution in [0.5, 0.6) is 0 Å². The lowest BCUT2D eigenvalue weighted by Gasteiger charge is -2.01. The Morgan fingerprint density at radius 3 is 1.86 bits per heavy atom. The fourth-order valence-corrected chi connectivity index (χ4v) is 1.63. The number of thiol groups is 1. The first-order valence-electron chi connectivity index (χ1n) is 5.58. The maximum Gasteiger partial charge on any atom is 0.293 e. The molecule has 0 saturated heterocycles. The topological polar surface area (TPSA) is 26.3 Å². The summed E-state index contributed by atoms with van der Waals surface area (Å²) in [6.07, 6.45) is 10.0. The fourth-order valence-electron chi connectivity index (χ4n) is 1.41. The predicted octanol–water partition coefficient (Wildman–Crippen LogP) is 3.21. The van der Waals surface area contributed by atoms with Crippen molar-refractivity contribution in [2.24, 2.45) is 0 Å². The van der Waals surface area contributed by atoms with E-state index in [0.29, 0.717) is 13.1 Å². The predicted molar refractivity (Wildman–Crippen MR) is 62.8 cm³/mol. The molecule has 0 radical (unpaired) electrons. The molecule has 0 fully saturated rings. The molecule has 0 bridgehead atoms. The monoisotopic (exact) mass is 218 g/mol. The number of carbonyl (C=O) groups excluding carboxylic acids is 1. The van der Waals surface area contributed by atoms with Crippen LogP contribution in [0, 0.1) is 0 Å². The molecule has 0 aliphatic heterocycles. The summed E-state index contributed by atoms with van der Waals surface area (Å²) in [5.41, 5.74) is 0. The van der Waals surface area contributed by atoms with Crippen LogP contribution in [-0.4, -0.2) is 18.8 Å². The lowest BCUT2D eigenvalue weighted by molar-refractivity contribution is -0.128. The Labute approximate surface area is 92.8 Å². The van der Waals surface area contributed by atoms with Crippen molar-refractivity contribution in [2.45, 2.75) is 51.4 Å². The molecule has 0 N–H and O–H groups in total. The highest BCUT2D eigenvalue weighted by Gasteiger charge is 1.91. The van der Waals surface area contributed by atoms with Crippen LogP contribution in [0.3, 0.4) is 0 Å². The molecule has 0 aromatic carbocycles. The number of hydrogen-bond donors (Lipinski definition) is 1. The second-order valence-corrected chi connectivity index (χ2v) is 3.97. The smallest absolute Gasteiger partial charge is 0.293 e. The third-order valence-corrected chi connectivity index (χ3v) is 2.55. The van der Waals surface area contributed by atoms with Gasteiger partial charge in [-0.1, -0.05) is 38.5 Å². The van der Waals surface area contributed by atoms with Gasteiger partial charge in [0.15, 0.2) is 0 Å². The third-order valence-electron chi connectivity index (χ3n) is 2.24. The number of carbonyl (C=O) groups is 1. The second-order valence-electron chi connectivity index (χ2n) is 3.52. The van der Waals surface area contributed by atoms with E-state index in [1.54, 1.807) is 0 Å². The Bertz CT molecular complexity index is 118. The molecule has 0 atom stereocenters. The summed E-state index contributed by atoms with van der Waals surface area (Å²) in [6, 6.07) is 0. The van der Waals surface area contributed by atoms with Crippen LogP contribution in [0.15, 0.2) is 0 Å². The van der Waals surface area contributed by atoms with Crippen LogP contribution in [-0.2, 0) is 9.53 Å². The van der Waals surface area contributed by atoms with Gasteiger partial charge in [0.2, 0.25) is 0 Å². The normalized spacial score (nSPS) is 10.1. The SMILES string of the molecule is O=COCCCCCCCCCCS. The highest BCUT2D eigenvalue weighted by Crippen LogP contribution is 2.08. The van der Waals surface area contributed by atoms with Crippen LogP contribution >= 0.6 is 12.6 Å². The minimum Gasteiger partial charge on any atom is -0.468 e. The molecular formula is C11H22O2S. The van der Waals surface area contributed by atoms with Crippen molar-refractivity contribution in [3.8, 4) is 0 Å². The summed E-state index contributed by atoms with van der Waals surface area (Å²) < 4.78 is 4.60. The largest absolute Gasteiger partial charge is 0.468 e. The standard InChI is InChI=1S/C11H22O2S/c12-11-13-9-7-5-3-1-2-4-6-8-10-14/h11,14H,1-10H2. The van der Waals surface area contributed by atoms with Gasteiger partial charge < -0.3 is 4.74 Å². The summed E-state index contributed by atoms with van der Waals surface area (Å²) in [7, 11) is 0. The molecule has 0 unspecified atom stereocenters. The molecule has 2 nitrogen and oxygen atoms in total. The molecule has 0 rings (SSSR count). The molecule has 0 aliphatic carbocycles. The molecule has 3 heteroatoms. The minimum absolute atomic E-state index is 0.525. The van der Waals surface area contributed by atoms with Gasteiger partial charge in [0.1, 0.15) is 0 Å². The first-order chi connectivity index (χ1) is 6.91. The van der Waals surface area contributed by atoms with E-state index in [0.717, 1.165) is 12.2 Å². The van der Waals surface area contributed by atoms with E-state index < -0.39 is 0 Å². The van der Waals surface area contributed by atoms with Crippen molar-refractivity contribution in [1.29, 1.82) is 0 Å². The Balaban J connectivity index is 2.81. The maximum absolute atomic E-state index is 9.81. The van der Waals surface area contributed by atoms with Crippen LogP contribution in [0.1, 0.15) is 51.4 Å². The summed E-state index contributed by atoms with van der Waals surface area (Å²) in [6.45, 7) is 1.11. The van der Waals surface area contributed by atoms with Gasteiger partial charge in [0, 0.05) is 0 Å². The summed E-state index contributed by atoms with van der Waals surface area (Å²) >= 11 is 4.17. The minimum atomic E-state index is 0.525. The Kier molecular flexibility index (Phi) is 12.7. The molecule has 0 aromatic heterocycles. The number of unbranched alkanes of at least 4 members (excludes halogenated alkanes) is 7. The quantitative estimate of drug-likeness (QED) is 0.327. The zero-order valence-electron chi connectivity index (χ0n) is 8.91. The van der Waals surface area contributed by atoms with Crippen LogP contribution < -0.4 is 0 Å². The highest BCUT2D eigenvalue weighted by atomic mass is 32.1. The van der Waals surface area contributed by atoms with Crippen molar-refractivity contribution in [1.82, 2.24) is 0 Å². The van der Waals surface area contributed by atoms with Gasteiger partial charge in [-0.25, -0.2) is 0 Å². The molecular weight excluding hydrogens is 196 g/mol. The van der Waals surface area contributed by atoms with Crippen molar-refractivity contribution < 1.29 is 9.53 Å². The lowest BCUT2D eigenvalue weighted by atomic mass is 10.1. The lowest BCUT2D eigenvalue weighted by Crippen LogP contribution is -1.91. The Morgan fingerprint density at radius 2 is 1.36 bits per heavy atom. The molecule has 84 valence electrons. The van der Waals surface area contributed by atoms with Crippen LogP contribution in [0.25, 0.3) is 0 Å². The van der Waals surface area contributed by atoms with E-state index in [4.69, 9.17) is 0 Å². The summed E-state index contributed by atoms with van der Waals surface area (Å²) in [4.78, 5) is 9.81. The van der Waals surface area contributed by atoms with Crippen molar-refractivity contribution in [2.75, 3.05) is 12.4 Å². The average Bonchev–Trinajstić information content (AvgIpc) is 2.21. The number of rotatable bonds is 11. The van der Waals surface area contributed by atoms with E-state index in [9.17, 15) is 4.79 Å². The zero-order valence-corrected chi connectivity index (χ0v) is 9.81. The average molecular weight is 218 g/mol. The van der Waals surface area contributed by atoms with Crippen LogP contribution in [0.2, 0.25) is 0 Å². The zero-order chi connectivity index (χ0) is 10.5. The van der Waals surface area contributed by atoms with E-state index in [1.165, 1.54) is 44.9 Å². The molecule has 0 heterocycles. The summed E-state index contributed by atoms with van der Waals surface area (Å²) in [5.74, 6) is 1.02. The second kappa shape index (κ2) is 12.8. The van der Waals surface area contributed by atoms with Gasteiger partial charge in [-0.15, -0.1) is 0 Å².